The molecule has 2 saturated heterocycles. The van der Waals surface area contributed by atoms with Gasteiger partial charge in [-0.25, -0.2) is 0 Å². The molecule has 2 heterocycles. The van der Waals surface area contributed by atoms with E-state index in [1.807, 2.05) is 4.90 Å². The fraction of sp³-hybridized carbons (Fsp3) is 0.529. The minimum Gasteiger partial charge on any atom is -0.381 e. The Morgan fingerprint density at radius 2 is 2.14 bits per heavy atom. The summed E-state index contributed by atoms with van der Waals surface area (Å²) in [5, 5.41) is 8.93. The average molecular weight is 299 g/mol. The van der Waals surface area contributed by atoms with Crippen molar-refractivity contribution in [2.24, 2.45) is 5.92 Å². The van der Waals surface area contributed by atoms with Gasteiger partial charge in [0.1, 0.15) is 0 Å². The minimum absolute atomic E-state index is 0.0287. The maximum atomic E-state index is 12.5. The molecule has 0 N–H and O–H groups in total. The third-order valence-electron chi connectivity index (χ3n) is 4.44. The van der Waals surface area contributed by atoms with E-state index in [1.165, 1.54) is 0 Å². The Bertz CT molecular complexity index is 568. The van der Waals surface area contributed by atoms with Gasteiger partial charge in [0.25, 0.3) is 5.91 Å². The number of benzene rings is 1. The van der Waals surface area contributed by atoms with Gasteiger partial charge < -0.3 is 9.64 Å². The smallest absolute Gasteiger partial charge is 0.253 e. The Labute approximate surface area is 131 Å². The topological polar surface area (TPSA) is 56.6 Å². The molecule has 1 aromatic carbocycles. The molecule has 2 aliphatic heterocycles. The maximum absolute atomic E-state index is 12.5. The van der Waals surface area contributed by atoms with Gasteiger partial charge in [0.05, 0.1) is 18.2 Å². The zero-order valence-electron chi connectivity index (χ0n) is 12.7. The summed E-state index contributed by atoms with van der Waals surface area (Å²) >= 11 is 0. The molecule has 2 fully saturated rings. The Hall–Kier alpha value is -1.90. The van der Waals surface area contributed by atoms with Crippen molar-refractivity contribution in [2.75, 3.05) is 45.9 Å². The SMILES string of the molecule is N#Cc1cccc(C(=O)N2CCN(CC3CCOC3)CC2)c1. The molecular formula is C17H21N3O2. The lowest BCUT2D eigenvalue weighted by Crippen LogP contribution is -2.49. The molecule has 0 radical (unpaired) electrons. The van der Waals surface area contributed by atoms with E-state index >= 15 is 0 Å². The van der Waals surface area contributed by atoms with E-state index in [1.54, 1.807) is 24.3 Å². The van der Waals surface area contributed by atoms with Crippen LogP contribution in [0.25, 0.3) is 0 Å². The predicted octanol–water partition coefficient (Wildman–Crippen LogP) is 1.35. The third kappa shape index (κ3) is 3.46. The predicted molar refractivity (Wildman–Crippen MR) is 82.4 cm³/mol. The maximum Gasteiger partial charge on any atom is 0.253 e. The molecule has 0 aromatic heterocycles. The zero-order valence-corrected chi connectivity index (χ0v) is 12.7. The molecule has 2 aliphatic rings. The number of piperazine rings is 1. The molecular weight excluding hydrogens is 278 g/mol. The molecule has 22 heavy (non-hydrogen) atoms. The van der Waals surface area contributed by atoms with Crippen LogP contribution in [0.4, 0.5) is 0 Å². The lowest BCUT2D eigenvalue weighted by Gasteiger charge is -2.35. The van der Waals surface area contributed by atoms with Crippen LogP contribution >= 0.6 is 0 Å². The van der Waals surface area contributed by atoms with E-state index in [2.05, 4.69) is 11.0 Å². The third-order valence-corrected chi connectivity index (χ3v) is 4.44. The van der Waals surface area contributed by atoms with E-state index in [0.29, 0.717) is 17.0 Å². The van der Waals surface area contributed by atoms with Crippen LogP contribution in [-0.4, -0.2) is 61.6 Å². The van der Waals surface area contributed by atoms with Crippen LogP contribution in [0.5, 0.6) is 0 Å². The van der Waals surface area contributed by atoms with Gasteiger partial charge in [0.15, 0.2) is 0 Å². The first-order valence-corrected chi connectivity index (χ1v) is 7.86. The van der Waals surface area contributed by atoms with Gasteiger partial charge in [0, 0.05) is 44.9 Å². The Morgan fingerprint density at radius 1 is 1.32 bits per heavy atom. The quantitative estimate of drug-likeness (QED) is 0.845. The van der Waals surface area contributed by atoms with Crippen LogP contribution in [0.15, 0.2) is 24.3 Å². The first kappa shape index (κ1) is 15.0. The summed E-state index contributed by atoms with van der Waals surface area (Å²) < 4.78 is 5.42. The second-order valence-electron chi connectivity index (χ2n) is 6.02. The highest BCUT2D eigenvalue weighted by atomic mass is 16.5. The monoisotopic (exact) mass is 299 g/mol. The summed E-state index contributed by atoms with van der Waals surface area (Å²) in [5.41, 5.74) is 1.14. The number of ether oxygens (including phenoxy) is 1. The van der Waals surface area contributed by atoms with E-state index in [9.17, 15) is 4.79 Å². The molecule has 0 aliphatic carbocycles. The van der Waals surface area contributed by atoms with Gasteiger partial charge in [-0.3, -0.25) is 9.69 Å². The van der Waals surface area contributed by atoms with Crippen molar-refractivity contribution in [3.05, 3.63) is 35.4 Å². The number of nitriles is 1. The zero-order chi connectivity index (χ0) is 15.4. The van der Waals surface area contributed by atoms with Gasteiger partial charge in [-0.15, -0.1) is 0 Å². The molecule has 116 valence electrons. The van der Waals surface area contributed by atoms with Gasteiger partial charge in [-0.1, -0.05) is 6.07 Å². The van der Waals surface area contributed by atoms with Crippen molar-refractivity contribution < 1.29 is 9.53 Å². The van der Waals surface area contributed by atoms with Crippen LogP contribution in [0, 0.1) is 17.2 Å². The van der Waals surface area contributed by atoms with E-state index in [0.717, 1.165) is 52.4 Å². The van der Waals surface area contributed by atoms with Crippen molar-refractivity contribution in [2.45, 2.75) is 6.42 Å². The number of amides is 1. The Kier molecular flexibility index (Phi) is 4.71. The van der Waals surface area contributed by atoms with E-state index in [4.69, 9.17) is 10.00 Å². The number of hydrogen-bond donors (Lipinski definition) is 0. The molecule has 3 rings (SSSR count). The number of hydrogen-bond acceptors (Lipinski definition) is 4. The number of nitrogens with zero attached hydrogens (tertiary/aromatic N) is 3. The van der Waals surface area contributed by atoms with Gasteiger partial charge in [-0.05, 0) is 30.5 Å². The summed E-state index contributed by atoms with van der Waals surface area (Å²) in [6.45, 7) is 6.18. The number of rotatable bonds is 3. The number of carbonyl (C=O) groups is 1. The molecule has 5 heteroatoms. The molecule has 1 unspecified atom stereocenters. The van der Waals surface area contributed by atoms with Crippen LogP contribution < -0.4 is 0 Å². The average Bonchev–Trinajstić information content (AvgIpc) is 3.08. The highest BCUT2D eigenvalue weighted by Gasteiger charge is 2.25. The normalized spacial score (nSPS) is 22.5. The van der Waals surface area contributed by atoms with Crippen molar-refractivity contribution in [1.82, 2.24) is 9.80 Å². The molecule has 5 nitrogen and oxygen atoms in total. The second kappa shape index (κ2) is 6.91. The van der Waals surface area contributed by atoms with Crippen LogP contribution in [0.3, 0.4) is 0 Å². The van der Waals surface area contributed by atoms with Crippen LogP contribution in [0.2, 0.25) is 0 Å². The van der Waals surface area contributed by atoms with E-state index in [-0.39, 0.29) is 5.91 Å². The highest BCUT2D eigenvalue weighted by molar-refractivity contribution is 5.94. The second-order valence-corrected chi connectivity index (χ2v) is 6.02. The lowest BCUT2D eigenvalue weighted by atomic mass is 10.1. The fourth-order valence-electron chi connectivity index (χ4n) is 3.13. The van der Waals surface area contributed by atoms with Crippen LogP contribution in [0.1, 0.15) is 22.3 Å². The van der Waals surface area contributed by atoms with Gasteiger partial charge >= 0.3 is 0 Å². The summed E-state index contributed by atoms with van der Waals surface area (Å²) in [5.74, 6) is 0.676. The lowest BCUT2D eigenvalue weighted by molar-refractivity contribution is 0.0611. The largest absolute Gasteiger partial charge is 0.381 e. The summed E-state index contributed by atoms with van der Waals surface area (Å²) in [6, 6.07) is 9.02. The summed E-state index contributed by atoms with van der Waals surface area (Å²) in [7, 11) is 0. The molecule has 0 spiro atoms. The highest BCUT2D eigenvalue weighted by Crippen LogP contribution is 2.16. The standard InChI is InChI=1S/C17H21N3O2/c18-11-14-2-1-3-16(10-14)17(21)20-7-5-19(6-8-20)12-15-4-9-22-13-15/h1-3,10,15H,4-9,12-13H2. The van der Waals surface area contributed by atoms with Crippen molar-refractivity contribution in [3.8, 4) is 6.07 Å². The minimum atomic E-state index is 0.0287. The first-order valence-electron chi connectivity index (χ1n) is 7.86. The molecule has 1 aromatic rings. The van der Waals surface area contributed by atoms with Gasteiger partial charge in [-0.2, -0.15) is 5.26 Å². The van der Waals surface area contributed by atoms with Crippen molar-refractivity contribution >= 4 is 5.91 Å². The van der Waals surface area contributed by atoms with Crippen molar-refractivity contribution in [3.63, 3.8) is 0 Å². The molecule has 1 atom stereocenters. The molecule has 0 bridgehead atoms. The molecule has 0 saturated carbocycles. The Morgan fingerprint density at radius 3 is 2.82 bits per heavy atom. The van der Waals surface area contributed by atoms with Gasteiger partial charge in [0.2, 0.25) is 0 Å². The summed E-state index contributed by atoms with van der Waals surface area (Å²) in [6.07, 6.45) is 1.15. The van der Waals surface area contributed by atoms with E-state index < -0.39 is 0 Å². The summed E-state index contributed by atoms with van der Waals surface area (Å²) in [4.78, 5) is 16.8. The Balaban J connectivity index is 1.54. The molecule has 1 amide bonds. The number of carbonyl (C=O) groups excluding carboxylic acids is 1. The van der Waals surface area contributed by atoms with Crippen LogP contribution in [-0.2, 0) is 4.74 Å². The first-order chi connectivity index (χ1) is 10.8. The van der Waals surface area contributed by atoms with Crippen molar-refractivity contribution in [1.29, 1.82) is 5.26 Å². The fourth-order valence-corrected chi connectivity index (χ4v) is 3.13.